The van der Waals surface area contributed by atoms with Crippen molar-refractivity contribution in [1.82, 2.24) is 10.4 Å². The number of benzene rings is 2. The number of aromatic amines is 1. The van der Waals surface area contributed by atoms with Crippen LogP contribution in [0.15, 0.2) is 61.8 Å². The number of ether oxygens (including phenoxy) is 1. The van der Waals surface area contributed by atoms with Crippen molar-refractivity contribution in [2.75, 3.05) is 12.9 Å². The Morgan fingerprint density at radius 3 is 2.85 bits per heavy atom. The highest BCUT2D eigenvalue weighted by Gasteiger charge is 2.14. The van der Waals surface area contributed by atoms with Gasteiger partial charge in [-0.25, -0.2) is 4.79 Å². The largest absolute Gasteiger partial charge is 0.497 e. The molecule has 2 aromatic carbocycles. The number of H-pyrrole nitrogens is 1. The summed E-state index contributed by atoms with van der Waals surface area (Å²) in [7, 11) is 1.65. The van der Waals surface area contributed by atoms with Crippen LogP contribution in [0.25, 0.3) is 11.1 Å². The van der Waals surface area contributed by atoms with Crippen molar-refractivity contribution in [3.05, 3.63) is 64.1 Å². The van der Waals surface area contributed by atoms with Crippen molar-refractivity contribution >= 4 is 33.7 Å². The van der Waals surface area contributed by atoms with Gasteiger partial charge in [0.2, 0.25) is 0 Å². The number of nitrogens with zero attached hydrogens (tertiary/aromatic N) is 2. The van der Waals surface area contributed by atoms with Crippen LogP contribution in [0, 0.1) is 0 Å². The standard InChI is InChI=1S/C18H16N4O3S/c1-24-13-5-2-11(3-6-13)9-19-17-22-21-15(10-26-17)12-4-7-14-16(8-12)25-18(23)20-14/h2-8H,9-10H2,1H3,(H,19,22)(H,20,23). The number of hydrazone groups is 1. The molecule has 0 fully saturated rings. The lowest BCUT2D eigenvalue weighted by atomic mass is 10.1. The van der Waals surface area contributed by atoms with E-state index in [2.05, 4.69) is 20.5 Å². The number of nitrogens with one attached hydrogen (secondary N) is 2. The SMILES string of the molecule is COc1ccc(CN=C2NN=C(c3ccc4[nH]c(=O)oc4c3)CS2)cc1. The van der Waals surface area contributed by atoms with Crippen LogP contribution in [0.2, 0.25) is 0 Å². The Morgan fingerprint density at radius 2 is 2.12 bits per heavy atom. The van der Waals surface area contributed by atoms with Gasteiger partial charge in [-0.1, -0.05) is 30.0 Å². The number of hydrogen-bond acceptors (Lipinski definition) is 6. The van der Waals surface area contributed by atoms with Crippen molar-refractivity contribution in [2.45, 2.75) is 6.54 Å². The summed E-state index contributed by atoms with van der Waals surface area (Å²) in [6.07, 6.45) is 0. The number of amidine groups is 1. The molecular formula is C18H16N4O3S. The lowest BCUT2D eigenvalue weighted by Gasteiger charge is -2.14. The van der Waals surface area contributed by atoms with E-state index in [1.54, 1.807) is 18.9 Å². The lowest BCUT2D eigenvalue weighted by molar-refractivity contribution is 0.414. The highest BCUT2D eigenvalue weighted by atomic mass is 32.2. The van der Waals surface area contributed by atoms with Crippen molar-refractivity contribution in [3.8, 4) is 5.75 Å². The van der Waals surface area contributed by atoms with Crippen LogP contribution in [-0.2, 0) is 6.54 Å². The first-order valence-electron chi connectivity index (χ1n) is 7.97. The number of methoxy groups -OCH3 is 1. The Bertz CT molecular complexity index is 1050. The number of thioether (sulfide) groups is 1. The first-order chi connectivity index (χ1) is 12.7. The maximum Gasteiger partial charge on any atom is 0.417 e. The quantitative estimate of drug-likeness (QED) is 0.739. The van der Waals surface area contributed by atoms with Crippen LogP contribution < -0.4 is 15.9 Å². The van der Waals surface area contributed by atoms with Crippen molar-refractivity contribution < 1.29 is 9.15 Å². The molecule has 1 aliphatic rings. The van der Waals surface area contributed by atoms with E-state index in [1.165, 1.54) is 0 Å². The average Bonchev–Trinajstić information content (AvgIpc) is 3.06. The van der Waals surface area contributed by atoms with Gasteiger partial charge in [0.05, 0.1) is 24.9 Å². The maximum atomic E-state index is 11.3. The molecular weight excluding hydrogens is 352 g/mol. The minimum absolute atomic E-state index is 0.455. The fourth-order valence-corrected chi connectivity index (χ4v) is 3.34. The maximum absolute atomic E-state index is 11.3. The summed E-state index contributed by atoms with van der Waals surface area (Å²) in [4.78, 5) is 18.4. The number of aliphatic imine (C=N–C) groups is 1. The summed E-state index contributed by atoms with van der Waals surface area (Å²) in [5, 5.41) is 5.18. The summed E-state index contributed by atoms with van der Waals surface area (Å²) in [5.74, 6) is 1.06. The molecule has 0 amide bonds. The van der Waals surface area contributed by atoms with Gasteiger partial charge >= 0.3 is 5.76 Å². The summed E-state index contributed by atoms with van der Waals surface area (Å²) < 4.78 is 10.2. The third kappa shape index (κ3) is 3.50. The fourth-order valence-electron chi connectivity index (χ4n) is 2.56. The van der Waals surface area contributed by atoms with Crippen LogP contribution >= 0.6 is 11.8 Å². The first-order valence-corrected chi connectivity index (χ1v) is 8.96. The smallest absolute Gasteiger partial charge is 0.417 e. The van der Waals surface area contributed by atoms with E-state index < -0.39 is 5.76 Å². The molecule has 0 atom stereocenters. The van der Waals surface area contributed by atoms with Crippen molar-refractivity contribution in [3.63, 3.8) is 0 Å². The van der Waals surface area contributed by atoms with Gasteiger partial charge in [0.15, 0.2) is 10.8 Å². The third-order valence-corrected chi connectivity index (χ3v) is 4.86. The molecule has 0 saturated carbocycles. The van der Waals surface area contributed by atoms with Crippen LogP contribution in [0.1, 0.15) is 11.1 Å². The minimum atomic E-state index is -0.455. The van der Waals surface area contributed by atoms with Gasteiger partial charge in [-0.15, -0.1) is 0 Å². The van der Waals surface area contributed by atoms with E-state index in [0.717, 1.165) is 27.8 Å². The van der Waals surface area contributed by atoms with E-state index >= 15 is 0 Å². The zero-order chi connectivity index (χ0) is 17.9. The summed E-state index contributed by atoms with van der Waals surface area (Å²) >= 11 is 1.59. The van der Waals surface area contributed by atoms with Gasteiger partial charge in [-0.3, -0.25) is 15.4 Å². The molecule has 0 spiro atoms. The second-order valence-electron chi connectivity index (χ2n) is 5.65. The monoisotopic (exact) mass is 368 g/mol. The van der Waals surface area contributed by atoms with E-state index in [-0.39, 0.29) is 0 Å². The summed E-state index contributed by atoms with van der Waals surface area (Å²) in [6, 6.07) is 13.4. The predicted octanol–water partition coefficient (Wildman–Crippen LogP) is 2.73. The molecule has 4 rings (SSSR count). The molecule has 0 unspecified atom stereocenters. The molecule has 3 aromatic rings. The lowest BCUT2D eigenvalue weighted by Crippen LogP contribution is -2.25. The zero-order valence-electron chi connectivity index (χ0n) is 14.0. The van der Waals surface area contributed by atoms with Gasteiger partial charge in [-0.05, 0) is 29.8 Å². The van der Waals surface area contributed by atoms with Crippen LogP contribution in [0.3, 0.4) is 0 Å². The molecule has 8 heteroatoms. The van der Waals surface area contributed by atoms with Crippen molar-refractivity contribution in [2.24, 2.45) is 10.1 Å². The third-order valence-electron chi connectivity index (χ3n) is 3.95. The summed E-state index contributed by atoms with van der Waals surface area (Å²) in [6.45, 7) is 0.574. The second-order valence-corrected chi connectivity index (χ2v) is 6.62. The Morgan fingerprint density at radius 1 is 1.27 bits per heavy atom. The molecule has 132 valence electrons. The first kappa shape index (κ1) is 16.5. The number of aromatic nitrogens is 1. The highest BCUT2D eigenvalue weighted by molar-refractivity contribution is 8.14. The molecule has 0 bridgehead atoms. The minimum Gasteiger partial charge on any atom is -0.497 e. The molecule has 2 heterocycles. The molecule has 0 aliphatic carbocycles. The Hall–Kier alpha value is -3.00. The molecule has 1 aliphatic heterocycles. The molecule has 0 radical (unpaired) electrons. The Kier molecular flexibility index (Phi) is 4.49. The predicted molar refractivity (Wildman–Crippen MR) is 103 cm³/mol. The number of oxazole rings is 1. The van der Waals surface area contributed by atoms with E-state index in [9.17, 15) is 4.79 Å². The van der Waals surface area contributed by atoms with Crippen LogP contribution in [0.5, 0.6) is 5.75 Å². The number of rotatable bonds is 4. The van der Waals surface area contributed by atoms with Gasteiger partial charge in [0.25, 0.3) is 0 Å². The van der Waals surface area contributed by atoms with Gasteiger partial charge in [0, 0.05) is 11.3 Å². The average molecular weight is 368 g/mol. The Labute approximate surface area is 153 Å². The Balaban J connectivity index is 1.45. The molecule has 0 saturated heterocycles. The van der Waals surface area contributed by atoms with Gasteiger partial charge in [-0.2, -0.15) is 5.10 Å². The van der Waals surface area contributed by atoms with Gasteiger partial charge in [0.1, 0.15) is 5.75 Å². The normalized spacial score (nSPS) is 15.7. The topological polar surface area (TPSA) is 92.0 Å². The zero-order valence-corrected chi connectivity index (χ0v) is 14.8. The van der Waals surface area contributed by atoms with Crippen LogP contribution in [-0.4, -0.2) is 28.7 Å². The summed E-state index contributed by atoms with van der Waals surface area (Å²) in [5.41, 5.74) is 7.09. The molecule has 1 aromatic heterocycles. The van der Waals surface area contributed by atoms with E-state index in [0.29, 0.717) is 23.4 Å². The van der Waals surface area contributed by atoms with Crippen LogP contribution in [0.4, 0.5) is 0 Å². The second kappa shape index (κ2) is 7.09. The highest BCUT2D eigenvalue weighted by Crippen LogP contribution is 2.18. The fraction of sp³-hybridized carbons (Fsp3) is 0.167. The molecule has 26 heavy (non-hydrogen) atoms. The molecule has 7 nitrogen and oxygen atoms in total. The van der Waals surface area contributed by atoms with E-state index in [1.807, 2.05) is 42.5 Å². The van der Waals surface area contributed by atoms with E-state index in [4.69, 9.17) is 9.15 Å². The van der Waals surface area contributed by atoms with Crippen molar-refractivity contribution in [1.29, 1.82) is 0 Å². The number of fused-ring (bicyclic) bond motifs is 1. The van der Waals surface area contributed by atoms with Gasteiger partial charge < -0.3 is 9.15 Å². The number of hydrogen-bond donors (Lipinski definition) is 2. The molecule has 2 N–H and O–H groups in total.